The zero-order chi connectivity index (χ0) is 19.2. The van der Waals surface area contributed by atoms with Gasteiger partial charge < -0.3 is 15.0 Å². The summed E-state index contributed by atoms with van der Waals surface area (Å²) in [6, 6.07) is 7.92. The van der Waals surface area contributed by atoms with Gasteiger partial charge in [0.15, 0.2) is 0 Å². The van der Waals surface area contributed by atoms with Gasteiger partial charge in [-0.1, -0.05) is 26.0 Å². The maximum absolute atomic E-state index is 12.8. The zero-order valence-electron chi connectivity index (χ0n) is 16.3. The first-order valence-corrected chi connectivity index (χ1v) is 11.0. The maximum Gasteiger partial charge on any atom is 0.252 e. The fraction of sp³-hybridized carbons (Fsp3) is 0.619. The van der Waals surface area contributed by atoms with Crippen molar-refractivity contribution in [1.29, 1.82) is 0 Å². The fourth-order valence-corrected chi connectivity index (χ4v) is 4.73. The van der Waals surface area contributed by atoms with Gasteiger partial charge >= 0.3 is 0 Å². The number of likely N-dealkylation sites (tertiary alicyclic amines) is 1. The molecule has 2 fully saturated rings. The summed E-state index contributed by atoms with van der Waals surface area (Å²) in [6.45, 7) is 6.16. The summed E-state index contributed by atoms with van der Waals surface area (Å²) in [7, 11) is 0. The van der Waals surface area contributed by atoms with Crippen molar-refractivity contribution in [3.05, 3.63) is 29.8 Å². The molecular weight excluding hydrogens is 360 g/mol. The molecule has 148 valence electrons. The average Bonchev–Trinajstić information content (AvgIpc) is 3.20. The lowest BCUT2D eigenvalue weighted by Crippen LogP contribution is -2.47. The van der Waals surface area contributed by atoms with Crippen LogP contribution in [-0.2, 0) is 9.53 Å². The quantitative estimate of drug-likeness (QED) is 0.757. The number of nitrogens with zero attached hydrogens (tertiary/aromatic N) is 1. The molecule has 0 radical (unpaired) electrons. The highest BCUT2D eigenvalue weighted by Crippen LogP contribution is 2.27. The predicted molar refractivity (Wildman–Crippen MR) is 108 cm³/mol. The van der Waals surface area contributed by atoms with Crippen LogP contribution in [0.25, 0.3) is 0 Å². The van der Waals surface area contributed by atoms with Gasteiger partial charge in [-0.15, -0.1) is 11.8 Å². The van der Waals surface area contributed by atoms with Crippen molar-refractivity contribution in [2.24, 2.45) is 5.92 Å². The van der Waals surface area contributed by atoms with Crippen molar-refractivity contribution >= 4 is 23.6 Å². The monoisotopic (exact) mass is 390 g/mol. The van der Waals surface area contributed by atoms with Crippen LogP contribution in [0.15, 0.2) is 29.2 Å². The molecule has 3 rings (SSSR count). The number of benzene rings is 1. The Morgan fingerprint density at radius 2 is 1.96 bits per heavy atom. The molecule has 1 N–H and O–H groups in total. The summed E-state index contributed by atoms with van der Waals surface area (Å²) in [5.41, 5.74) is 0.737. The molecule has 2 amide bonds. The smallest absolute Gasteiger partial charge is 0.252 e. The standard InChI is InChI=1S/C21H30N2O3S/c1-15(2)21(25)23-11-9-16(10-12-23)22-20(24)18-7-3-4-8-19(18)27-14-17-6-5-13-26-17/h3-4,7-8,15-17H,5-6,9-14H2,1-2H3,(H,22,24)/t17-/m0/s1. The molecule has 2 aliphatic rings. The number of rotatable bonds is 6. The molecule has 2 heterocycles. The van der Waals surface area contributed by atoms with E-state index in [4.69, 9.17) is 4.74 Å². The summed E-state index contributed by atoms with van der Waals surface area (Å²) in [4.78, 5) is 27.8. The Kier molecular flexibility index (Phi) is 7.19. The van der Waals surface area contributed by atoms with E-state index in [2.05, 4.69) is 5.32 Å². The van der Waals surface area contributed by atoms with Gasteiger partial charge in [0.1, 0.15) is 0 Å². The number of hydrogen-bond donors (Lipinski definition) is 1. The van der Waals surface area contributed by atoms with E-state index in [-0.39, 0.29) is 23.8 Å². The molecule has 0 aromatic heterocycles. The number of carbonyl (C=O) groups is 2. The molecule has 1 atom stereocenters. The molecule has 2 aliphatic heterocycles. The number of piperidine rings is 1. The molecule has 1 aromatic rings. The largest absolute Gasteiger partial charge is 0.377 e. The highest BCUT2D eigenvalue weighted by Gasteiger charge is 2.26. The normalized spacial score (nSPS) is 20.9. The minimum Gasteiger partial charge on any atom is -0.377 e. The topological polar surface area (TPSA) is 58.6 Å². The van der Waals surface area contributed by atoms with E-state index in [1.165, 1.54) is 0 Å². The molecule has 2 saturated heterocycles. The van der Waals surface area contributed by atoms with E-state index < -0.39 is 0 Å². The second-order valence-corrected chi connectivity index (χ2v) is 8.73. The summed E-state index contributed by atoms with van der Waals surface area (Å²) in [5.74, 6) is 1.11. The van der Waals surface area contributed by atoms with Crippen molar-refractivity contribution in [2.75, 3.05) is 25.4 Å². The SMILES string of the molecule is CC(C)C(=O)N1CCC(NC(=O)c2ccccc2SC[C@@H]2CCCO2)CC1. The van der Waals surface area contributed by atoms with E-state index in [1.807, 2.05) is 43.0 Å². The van der Waals surface area contributed by atoms with E-state index in [0.29, 0.717) is 6.10 Å². The third-order valence-electron chi connectivity index (χ3n) is 5.22. The molecule has 6 heteroatoms. The van der Waals surface area contributed by atoms with Gasteiger partial charge in [-0.2, -0.15) is 0 Å². The second kappa shape index (κ2) is 9.60. The molecular formula is C21H30N2O3S. The van der Waals surface area contributed by atoms with Crippen molar-refractivity contribution in [2.45, 2.75) is 56.6 Å². The van der Waals surface area contributed by atoms with Crippen molar-refractivity contribution in [3.8, 4) is 0 Å². The predicted octanol–water partition coefficient (Wildman–Crippen LogP) is 3.33. The number of ether oxygens (including phenoxy) is 1. The summed E-state index contributed by atoms with van der Waals surface area (Å²) < 4.78 is 5.69. The van der Waals surface area contributed by atoms with Crippen LogP contribution in [-0.4, -0.2) is 54.3 Å². The van der Waals surface area contributed by atoms with Gasteiger partial charge in [0.2, 0.25) is 5.91 Å². The number of hydrogen-bond acceptors (Lipinski definition) is 4. The third-order valence-corrected chi connectivity index (χ3v) is 6.42. The summed E-state index contributed by atoms with van der Waals surface area (Å²) in [6.07, 6.45) is 4.17. The van der Waals surface area contributed by atoms with Crippen molar-refractivity contribution < 1.29 is 14.3 Å². The van der Waals surface area contributed by atoms with Crippen LogP contribution in [0.4, 0.5) is 0 Å². The van der Waals surface area contributed by atoms with Crippen LogP contribution >= 0.6 is 11.8 Å². The first-order valence-electron chi connectivity index (χ1n) is 9.97. The first-order chi connectivity index (χ1) is 13.0. The van der Waals surface area contributed by atoms with Crippen LogP contribution in [0, 0.1) is 5.92 Å². The Labute approximate surface area is 166 Å². The second-order valence-electron chi connectivity index (χ2n) is 7.67. The van der Waals surface area contributed by atoms with Crippen molar-refractivity contribution in [3.63, 3.8) is 0 Å². The van der Waals surface area contributed by atoms with E-state index in [0.717, 1.165) is 61.6 Å². The molecule has 0 spiro atoms. The number of thioether (sulfide) groups is 1. The van der Waals surface area contributed by atoms with Crippen LogP contribution in [0.5, 0.6) is 0 Å². The molecule has 0 saturated carbocycles. The minimum absolute atomic E-state index is 0.0147. The zero-order valence-corrected chi connectivity index (χ0v) is 17.1. The average molecular weight is 391 g/mol. The summed E-state index contributed by atoms with van der Waals surface area (Å²) in [5, 5.41) is 3.17. The molecule has 5 nitrogen and oxygen atoms in total. The van der Waals surface area contributed by atoms with E-state index >= 15 is 0 Å². The molecule has 27 heavy (non-hydrogen) atoms. The Bertz CT molecular complexity index is 651. The molecule has 1 aromatic carbocycles. The lowest BCUT2D eigenvalue weighted by atomic mass is 10.0. The third kappa shape index (κ3) is 5.48. The van der Waals surface area contributed by atoms with Crippen LogP contribution in [0.3, 0.4) is 0 Å². The lowest BCUT2D eigenvalue weighted by molar-refractivity contribution is -0.135. The Morgan fingerprint density at radius 1 is 1.22 bits per heavy atom. The Morgan fingerprint density at radius 3 is 2.63 bits per heavy atom. The number of carbonyl (C=O) groups excluding carboxylic acids is 2. The van der Waals surface area contributed by atoms with E-state index in [9.17, 15) is 9.59 Å². The Hall–Kier alpha value is -1.53. The highest BCUT2D eigenvalue weighted by molar-refractivity contribution is 7.99. The van der Waals surface area contributed by atoms with Gasteiger partial charge in [-0.25, -0.2) is 0 Å². The summed E-state index contributed by atoms with van der Waals surface area (Å²) >= 11 is 1.70. The van der Waals surface area contributed by atoms with Gasteiger partial charge in [-0.05, 0) is 37.8 Å². The highest BCUT2D eigenvalue weighted by atomic mass is 32.2. The maximum atomic E-state index is 12.8. The number of nitrogens with one attached hydrogen (secondary N) is 1. The number of amides is 2. The van der Waals surface area contributed by atoms with Gasteiger partial charge in [0.25, 0.3) is 5.91 Å². The molecule has 0 aliphatic carbocycles. The molecule has 0 bridgehead atoms. The van der Waals surface area contributed by atoms with E-state index in [1.54, 1.807) is 11.8 Å². The van der Waals surface area contributed by atoms with Gasteiger partial charge in [0, 0.05) is 42.3 Å². The Balaban J connectivity index is 1.53. The first kappa shape index (κ1) is 20.2. The van der Waals surface area contributed by atoms with Gasteiger partial charge in [0.05, 0.1) is 11.7 Å². The van der Waals surface area contributed by atoms with Crippen LogP contribution in [0.1, 0.15) is 49.9 Å². The van der Waals surface area contributed by atoms with Crippen LogP contribution < -0.4 is 5.32 Å². The van der Waals surface area contributed by atoms with Crippen molar-refractivity contribution in [1.82, 2.24) is 10.2 Å². The van der Waals surface area contributed by atoms with Gasteiger partial charge in [-0.3, -0.25) is 9.59 Å². The minimum atomic E-state index is -0.0147. The molecule has 0 unspecified atom stereocenters. The lowest BCUT2D eigenvalue weighted by Gasteiger charge is -2.33. The fourth-order valence-electron chi connectivity index (χ4n) is 3.61. The van der Waals surface area contributed by atoms with Crippen LogP contribution in [0.2, 0.25) is 0 Å².